The van der Waals surface area contributed by atoms with Gasteiger partial charge in [-0.1, -0.05) is 273 Å². The second kappa shape index (κ2) is 66.5. The first-order valence-electron chi connectivity index (χ1n) is 22.1. The highest BCUT2D eigenvalue weighted by Crippen LogP contribution is 2.13. The van der Waals surface area contributed by atoms with Gasteiger partial charge in [-0.15, -0.1) is 10.2 Å². The summed E-state index contributed by atoms with van der Waals surface area (Å²) in [7, 11) is 0. The molecule has 1 N–H and O–H groups in total. The van der Waals surface area contributed by atoms with Gasteiger partial charge in [0.1, 0.15) is 6.26 Å². The van der Waals surface area contributed by atoms with Crippen molar-refractivity contribution in [1.29, 1.82) is 0 Å². The van der Waals surface area contributed by atoms with Gasteiger partial charge < -0.3 is 4.42 Å². The lowest BCUT2D eigenvalue weighted by molar-refractivity contribution is 0.534. The van der Waals surface area contributed by atoms with Crippen LogP contribution in [-0.4, -0.2) is 25.6 Å². The van der Waals surface area contributed by atoms with Crippen LogP contribution in [0.25, 0.3) is 0 Å². The maximum atomic E-state index is 4.47. The molecule has 0 fully saturated rings. The number of nitrogens with zero attached hydrogens (tertiary/aromatic N) is 4. The first kappa shape index (κ1) is 58.6. The van der Waals surface area contributed by atoms with Crippen molar-refractivity contribution in [3.05, 3.63) is 25.2 Å². The minimum absolute atomic E-state index is 0. The van der Waals surface area contributed by atoms with Crippen molar-refractivity contribution in [3.8, 4) is 0 Å². The summed E-state index contributed by atoms with van der Waals surface area (Å²) in [6.07, 6.45) is 51.9. The van der Waals surface area contributed by atoms with Crippen LogP contribution in [0.4, 0.5) is 0 Å². The summed E-state index contributed by atoms with van der Waals surface area (Å²) in [6, 6.07) is 0. The Hall–Kier alpha value is -1.72. The van der Waals surface area contributed by atoms with Gasteiger partial charge in [0.25, 0.3) is 0 Å². The summed E-state index contributed by atoms with van der Waals surface area (Å²) in [5.41, 5.74) is 0. The van der Waals surface area contributed by atoms with E-state index in [0.29, 0.717) is 0 Å². The highest BCUT2D eigenvalue weighted by molar-refractivity contribution is 4.56. The fourth-order valence-electron chi connectivity index (χ4n) is 5.02. The number of unbranched alkanes of at least 4 members (excludes halogenated alkanes) is 28. The van der Waals surface area contributed by atoms with Gasteiger partial charge in [-0.05, 0) is 0 Å². The predicted octanol–water partition coefficient (Wildman–Crippen LogP) is 17.1. The largest absolute Gasteiger partial charge is 0.452 e. The molecular weight excluding hydrogens is 627 g/mol. The summed E-state index contributed by atoms with van der Waals surface area (Å²) in [5.74, 6) is 0. The van der Waals surface area contributed by atoms with Crippen LogP contribution in [0.3, 0.4) is 0 Å². The zero-order valence-corrected chi connectivity index (χ0v) is 35.6. The van der Waals surface area contributed by atoms with Crippen LogP contribution >= 0.6 is 0 Å². The number of tetrazole rings is 1. The van der Waals surface area contributed by atoms with Crippen LogP contribution < -0.4 is 0 Å². The molecule has 0 saturated carbocycles. The first-order valence-corrected chi connectivity index (χ1v) is 22.1. The third-order valence-electron chi connectivity index (χ3n) is 8.49. The molecule has 0 unspecified atom stereocenters. The Morgan fingerprint density at radius 1 is 0.392 bits per heavy atom. The molecule has 0 amide bonds. The molecule has 0 aliphatic rings. The summed E-state index contributed by atoms with van der Waals surface area (Å²) in [4.78, 5) is 3.56. The second-order valence-corrected chi connectivity index (χ2v) is 13.7. The Bertz CT molecular complexity index is 576. The van der Waals surface area contributed by atoms with Crippen molar-refractivity contribution in [3.63, 3.8) is 0 Å². The van der Waals surface area contributed by atoms with Crippen LogP contribution in [0.2, 0.25) is 0 Å². The lowest BCUT2D eigenvalue weighted by Crippen LogP contribution is -1.82. The molecule has 0 atom stereocenters. The van der Waals surface area contributed by atoms with Gasteiger partial charge in [0.2, 0.25) is 0 Å². The molecule has 6 heteroatoms. The van der Waals surface area contributed by atoms with Crippen LogP contribution in [0.1, 0.15) is 268 Å². The van der Waals surface area contributed by atoms with Crippen molar-refractivity contribution in [1.82, 2.24) is 25.6 Å². The van der Waals surface area contributed by atoms with E-state index >= 15 is 0 Å². The van der Waals surface area contributed by atoms with E-state index < -0.39 is 0 Å². The molecule has 0 saturated heterocycles. The maximum Gasteiger partial charge on any atom is 0.180 e. The highest BCUT2D eigenvalue weighted by Gasteiger charge is 1.94. The van der Waals surface area contributed by atoms with E-state index in [-0.39, 0.29) is 7.43 Å². The third-order valence-corrected chi connectivity index (χ3v) is 8.49. The SMILES string of the molecule is C.CCCC.CCCCC.CCCCCCCCCCCCCC.CCCCCCCCCCCCCCCCC.c1cocn1.c1nn[nH]n1. The van der Waals surface area contributed by atoms with Crippen molar-refractivity contribution < 1.29 is 4.42 Å². The number of hydrogen-bond acceptors (Lipinski definition) is 5. The topological polar surface area (TPSA) is 80.5 Å². The van der Waals surface area contributed by atoms with E-state index in [1.165, 1.54) is 224 Å². The van der Waals surface area contributed by atoms with Gasteiger partial charge in [0.15, 0.2) is 12.7 Å². The molecule has 0 aromatic carbocycles. The van der Waals surface area contributed by atoms with E-state index in [2.05, 4.69) is 85.4 Å². The monoisotopic (exact) mass is 724 g/mol. The minimum Gasteiger partial charge on any atom is -0.452 e. The van der Waals surface area contributed by atoms with Crippen LogP contribution in [0.5, 0.6) is 0 Å². The van der Waals surface area contributed by atoms with E-state index in [1.54, 1.807) is 6.20 Å². The number of hydrogen-bond donors (Lipinski definition) is 1. The lowest BCUT2D eigenvalue weighted by atomic mass is 10.0. The molecule has 0 bridgehead atoms. The molecule has 0 aliphatic carbocycles. The molecule has 2 heterocycles. The fraction of sp³-hybridized carbons (Fsp3) is 0.911. The maximum absolute atomic E-state index is 4.47. The average molecular weight is 724 g/mol. The number of aromatic amines is 1. The molecule has 0 spiro atoms. The Kier molecular flexibility index (Phi) is 76.4. The molecule has 0 aliphatic heterocycles. The van der Waals surface area contributed by atoms with Gasteiger partial charge >= 0.3 is 0 Å². The van der Waals surface area contributed by atoms with Crippen LogP contribution in [0.15, 0.2) is 29.6 Å². The van der Waals surface area contributed by atoms with Crippen molar-refractivity contribution in [2.75, 3.05) is 0 Å². The van der Waals surface area contributed by atoms with Gasteiger partial charge in [0.05, 0.1) is 6.20 Å². The highest BCUT2D eigenvalue weighted by atomic mass is 16.3. The van der Waals surface area contributed by atoms with E-state index in [9.17, 15) is 0 Å². The summed E-state index contributed by atoms with van der Waals surface area (Å²) >= 11 is 0. The Morgan fingerprint density at radius 2 is 0.686 bits per heavy atom. The van der Waals surface area contributed by atoms with Crippen LogP contribution in [0, 0.1) is 0 Å². The quantitative estimate of drug-likeness (QED) is 0.0884. The molecule has 2 rings (SSSR count). The normalized spacial score (nSPS) is 9.57. The zero-order chi connectivity index (χ0) is 37.7. The zero-order valence-electron chi connectivity index (χ0n) is 35.6. The van der Waals surface area contributed by atoms with Crippen LogP contribution in [-0.2, 0) is 0 Å². The van der Waals surface area contributed by atoms with Gasteiger partial charge in [-0.25, -0.2) is 4.98 Å². The van der Waals surface area contributed by atoms with Crippen molar-refractivity contribution in [2.24, 2.45) is 0 Å². The molecular formula is C45H97N5O. The van der Waals surface area contributed by atoms with E-state index in [4.69, 9.17) is 0 Å². The molecule has 6 nitrogen and oxygen atoms in total. The smallest absolute Gasteiger partial charge is 0.180 e. The summed E-state index contributed by atoms with van der Waals surface area (Å²) < 4.78 is 4.47. The summed E-state index contributed by atoms with van der Waals surface area (Å²) in [6.45, 7) is 17.9. The first-order chi connectivity index (χ1) is 24.7. The standard InChI is InChI=1S/C17H36.C14H30.C5H12.C4H10.C3H3NO.CH2N4.CH4/c1-3-5-7-9-11-13-15-17-16-14-12-10-8-6-4-2;1-3-5-7-9-11-13-14-12-10-8-6-4-2;1-3-5-4-2;1-3-4-2;1-2-5-3-4-1;1-2-4-5-3-1;/h3-17H2,1-2H3;3-14H2,1-2H3;3-5H2,1-2H3;3-4H2,1-2H3;1-3H;1H,(H,2,3,4,5);1H4. The number of aromatic nitrogens is 5. The Morgan fingerprint density at radius 3 is 0.784 bits per heavy atom. The number of nitrogens with one attached hydrogen (secondary N) is 1. The molecule has 2 aromatic heterocycles. The Labute approximate surface area is 322 Å². The summed E-state index contributed by atoms with van der Waals surface area (Å²) in [5, 5.41) is 12.2. The fourth-order valence-corrected chi connectivity index (χ4v) is 5.02. The number of rotatable bonds is 28. The van der Waals surface area contributed by atoms with E-state index in [1.807, 2.05) is 0 Å². The average Bonchev–Trinajstić information content (AvgIpc) is 3.93. The second-order valence-electron chi connectivity index (χ2n) is 13.7. The van der Waals surface area contributed by atoms with Crippen molar-refractivity contribution in [2.45, 2.75) is 268 Å². The predicted molar refractivity (Wildman–Crippen MR) is 231 cm³/mol. The van der Waals surface area contributed by atoms with Gasteiger partial charge in [0, 0.05) is 0 Å². The number of oxazole rings is 1. The lowest BCUT2D eigenvalue weighted by Gasteiger charge is -2.02. The number of H-pyrrole nitrogens is 1. The minimum atomic E-state index is 0. The van der Waals surface area contributed by atoms with Gasteiger partial charge in [-0.3, -0.25) is 0 Å². The molecule has 51 heavy (non-hydrogen) atoms. The molecule has 0 radical (unpaired) electrons. The van der Waals surface area contributed by atoms with Gasteiger partial charge in [-0.2, -0.15) is 5.21 Å². The molecule has 308 valence electrons. The van der Waals surface area contributed by atoms with E-state index in [0.717, 1.165) is 0 Å². The third kappa shape index (κ3) is 78.6. The molecule has 2 aromatic rings. The van der Waals surface area contributed by atoms with Crippen molar-refractivity contribution >= 4 is 0 Å². The Balaban J connectivity index is -0.000000182.